The van der Waals surface area contributed by atoms with Crippen molar-refractivity contribution in [3.05, 3.63) is 65.7 Å². The molecule has 1 amide bonds. The summed E-state index contributed by atoms with van der Waals surface area (Å²) in [6, 6.07) is 18.5. The first-order valence-corrected chi connectivity index (χ1v) is 10.5. The highest BCUT2D eigenvalue weighted by Crippen LogP contribution is 2.42. The van der Waals surface area contributed by atoms with Crippen LogP contribution in [0.2, 0.25) is 0 Å². The fraction of sp³-hybridized carbons (Fsp3) is 0.458. The number of nitrogens with one attached hydrogen (secondary N) is 1. The van der Waals surface area contributed by atoms with Crippen molar-refractivity contribution in [3.8, 4) is 5.75 Å². The van der Waals surface area contributed by atoms with Gasteiger partial charge in [0.25, 0.3) is 0 Å². The molecule has 1 N–H and O–H groups in total. The van der Waals surface area contributed by atoms with E-state index in [0.29, 0.717) is 12.5 Å². The lowest BCUT2D eigenvalue weighted by molar-refractivity contribution is -0.123. The Morgan fingerprint density at radius 3 is 2.38 bits per heavy atom. The first-order valence-electron chi connectivity index (χ1n) is 10.5. The predicted molar refractivity (Wildman–Crippen MR) is 113 cm³/mol. The number of carbonyl (C=O) groups is 1. The molecule has 1 saturated carbocycles. The second kappa shape index (κ2) is 9.42. The van der Waals surface area contributed by atoms with E-state index >= 15 is 0 Å². The lowest BCUT2D eigenvalue weighted by Gasteiger charge is -2.35. The van der Waals surface area contributed by atoms with E-state index in [2.05, 4.69) is 34.5 Å². The van der Waals surface area contributed by atoms with E-state index in [-0.39, 0.29) is 17.9 Å². The second-order valence-corrected chi connectivity index (χ2v) is 7.91. The molecule has 4 rings (SSSR count). The number of ether oxygens (including phenoxy) is 2. The van der Waals surface area contributed by atoms with Crippen LogP contribution in [0.15, 0.2) is 54.6 Å². The Bertz CT molecular complexity index is 784. The Morgan fingerprint density at radius 1 is 1.07 bits per heavy atom. The maximum Gasteiger partial charge on any atom is 0.227 e. The standard InChI is InChI=1S/C24H30N2O3/c1-28-21-11-9-18(10-12-21)22(26-13-15-29-16-14-26)17-25-24(27)23(20-7-8-20)19-5-3-2-4-6-19/h2-6,9-12,20,22-23H,7-8,13-17H2,1H3,(H,25,27). The number of nitrogens with zero attached hydrogens (tertiary/aromatic N) is 1. The third-order valence-electron chi connectivity index (χ3n) is 5.99. The maximum absolute atomic E-state index is 13.2. The van der Waals surface area contributed by atoms with Crippen molar-refractivity contribution in [2.24, 2.45) is 5.92 Å². The van der Waals surface area contributed by atoms with Crippen molar-refractivity contribution >= 4 is 5.91 Å². The van der Waals surface area contributed by atoms with Crippen molar-refractivity contribution in [3.63, 3.8) is 0 Å². The summed E-state index contributed by atoms with van der Waals surface area (Å²) in [6.45, 7) is 3.81. The van der Waals surface area contributed by atoms with Gasteiger partial charge in [0, 0.05) is 19.6 Å². The zero-order chi connectivity index (χ0) is 20.1. The number of hydrogen-bond donors (Lipinski definition) is 1. The summed E-state index contributed by atoms with van der Waals surface area (Å²) in [6.07, 6.45) is 2.27. The third kappa shape index (κ3) is 4.98. The molecule has 0 radical (unpaired) electrons. The van der Waals surface area contributed by atoms with Crippen molar-refractivity contribution in [2.75, 3.05) is 40.0 Å². The minimum atomic E-state index is -0.0441. The van der Waals surface area contributed by atoms with Crippen LogP contribution in [0.1, 0.15) is 35.9 Å². The van der Waals surface area contributed by atoms with Crippen LogP contribution in [0.4, 0.5) is 0 Å². The quantitative estimate of drug-likeness (QED) is 0.746. The van der Waals surface area contributed by atoms with Crippen LogP contribution in [0.25, 0.3) is 0 Å². The second-order valence-electron chi connectivity index (χ2n) is 7.91. The molecular weight excluding hydrogens is 364 g/mol. The van der Waals surface area contributed by atoms with Gasteiger partial charge >= 0.3 is 0 Å². The van der Waals surface area contributed by atoms with Crippen molar-refractivity contribution < 1.29 is 14.3 Å². The van der Waals surface area contributed by atoms with E-state index in [1.165, 1.54) is 5.56 Å². The highest BCUT2D eigenvalue weighted by molar-refractivity contribution is 5.84. The van der Waals surface area contributed by atoms with Gasteiger partial charge in [0.15, 0.2) is 0 Å². The highest BCUT2D eigenvalue weighted by Gasteiger charge is 2.37. The molecule has 2 aromatic carbocycles. The number of rotatable bonds is 8. The Labute approximate surface area is 173 Å². The molecule has 1 aliphatic carbocycles. The summed E-state index contributed by atoms with van der Waals surface area (Å²) in [7, 11) is 1.68. The Kier molecular flexibility index (Phi) is 6.47. The lowest BCUT2D eigenvalue weighted by Crippen LogP contribution is -2.44. The van der Waals surface area contributed by atoms with E-state index in [1.807, 2.05) is 30.3 Å². The molecule has 1 aliphatic heterocycles. The zero-order valence-corrected chi connectivity index (χ0v) is 17.0. The molecule has 2 unspecified atom stereocenters. The molecule has 2 aliphatic rings. The van der Waals surface area contributed by atoms with Gasteiger partial charge in [0.05, 0.1) is 32.3 Å². The SMILES string of the molecule is COc1ccc(C(CNC(=O)C(c2ccccc2)C2CC2)N2CCOCC2)cc1. The minimum absolute atomic E-state index is 0.0441. The van der Waals surface area contributed by atoms with Crippen molar-refractivity contribution in [2.45, 2.75) is 24.8 Å². The number of benzene rings is 2. The highest BCUT2D eigenvalue weighted by atomic mass is 16.5. The lowest BCUT2D eigenvalue weighted by atomic mass is 9.93. The molecule has 1 saturated heterocycles. The molecule has 1 heterocycles. The van der Waals surface area contributed by atoms with E-state index in [4.69, 9.17) is 9.47 Å². The van der Waals surface area contributed by atoms with E-state index < -0.39 is 0 Å². The van der Waals surface area contributed by atoms with Crippen LogP contribution in [0.5, 0.6) is 5.75 Å². The number of hydrogen-bond acceptors (Lipinski definition) is 4. The average Bonchev–Trinajstić information content (AvgIpc) is 3.61. The summed E-state index contributed by atoms with van der Waals surface area (Å²) in [5.41, 5.74) is 2.32. The van der Waals surface area contributed by atoms with Crippen LogP contribution in [-0.2, 0) is 9.53 Å². The minimum Gasteiger partial charge on any atom is -0.497 e. The molecular formula is C24H30N2O3. The van der Waals surface area contributed by atoms with Gasteiger partial charge in [0.2, 0.25) is 5.91 Å². The van der Waals surface area contributed by atoms with Crippen LogP contribution >= 0.6 is 0 Å². The Hall–Kier alpha value is -2.37. The van der Waals surface area contributed by atoms with Gasteiger partial charge < -0.3 is 14.8 Å². The van der Waals surface area contributed by atoms with Gasteiger partial charge in [-0.05, 0) is 42.0 Å². The van der Waals surface area contributed by atoms with E-state index in [0.717, 1.165) is 50.5 Å². The van der Waals surface area contributed by atoms with Gasteiger partial charge in [-0.25, -0.2) is 0 Å². The van der Waals surface area contributed by atoms with E-state index in [1.54, 1.807) is 7.11 Å². The van der Waals surface area contributed by atoms with Crippen LogP contribution in [0.3, 0.4) is 0 Å². The smallest absolute Gasteiger partial charge is 0.227 e. The molecule has 5 heteroatoms. The summed E-state index contributed by atoms with van der Waals surface area (Å²) in [5.74, 6) is 1.42. The first kappa shape index (κ1) is 19.9. The van der Waals surface area contributed by atoms with Gasteiger partial charge in [-0.1, -0.05) is 42.5 Å². The fourth-order valence-corrected chi connectivity index (χ4v) is 4.21. The van der Waals surface area contributed by atoms with Gasteiger partial charge in [-0.2, -0.15) is 0 Å². The molecule has 29 heavy (non-hydrogen) atoms. The molecule has 2 atom stereocenters. The largest absolute Gasteiger partial charge is 0.497 e. The molecule has 2 fully saturated rings. The van der Waals surface area contributed by atoms with Gasteiger partial charge in [-0.15, -0.1) is 0 Å². The first-order chi connectivity index (χ1) is 14.3. The monoisotopic (exact) mass is 394 g/mol. The topological polar surface area (TPSA) is 50.8 Å². The van der Waals surface area contributed by atoms with Crippen LogP contribution < -0.4 is 10.1 Å². The number of amides is 1. The third-order valence-corrected chi connectivity index (χ3v) is 5.99. The average molecular weight is 395 g/mol. The molecule has 0 bridgehead atoms. The maximum atomic E-state index is 13.2. The van der Waals surface area contributed by atoms with Crippen molar-refractivity contribution in [1.29, 1.82) is 0 Å². The van der Waals surface area contributed by atoms with Crippen LogP contribution in [0, 0.1) is 5.92 Å². The summed E-state index contributed by atoms with van der Waals surface area (Å²) >= 11 is 0. The normalized spacial score (nSPS) is 19.3. The summed E-state index contributed by atoms with van der Waals surface area (Å²) in [4.78, 5) is 15.6. The Balaban J connectivity index is 1.48. The number of methoxy groups -OCH3 is 1. The van der Waals surface area contributed by atoms with Crippen molar-refractivity contribution in [1.82, 2.24) is 10.2 Å². The molecule has 2 aromatic rings. The zero-order valence-electron chi connectivity index (χ0n) is 17.0. The predicted octanol–water partition coefficient (Wildman–Crippen LogP) is 3.38. The summed E-state index contributed by atoms with van der Waals surface area (Å²) in [5, 5.41) is 3.27. The summed E-state index contributed by atoms with van der Waals surface area (Å²) < 4.78 is 10.8. The fourth-order valence-electron chi connectivity index (χ4n) is 4.21. The van der Waals surface area contributed by atoms with Gasteiger partial charge in [0.1, 0.15) is 5.75 Å². The van der Waals surface area contributed by atoms with Gasteiger partial charge in [-0.3, -0.25) is 9.69 Å². The Morgan fingerprint density at radius 2 is 1.76 bits per heavy atom. The molecule has 5 nitrogen and oxygen atoms in total. The van der Waals surface area contributed by atoms with Crippen LogP contribution in [-0.4, -0.2) is 50.8 Å². The molecule has 0 spiro atoms. The molecule has 0 aromatic heterocycles. The number of morpholine rings is 1. The molecule has 154 valence electrons. The van der Waals surface area contributed by atoms with E-state index in [9.17, 15) is 4.79 Å². The number of carbonyl (C=O) groups excluding carboxylic acids is 1.